The lowest BCUT2D eigenvalue weighted by Gasteiger charge is -2.19. The Labute approximate surface area is 206 Å². The molecule has 184 valence electrons. The summed E-state index contributed by atoms with van der Waals surface area (Å²) in [5.74, 6) is -1.39. The number of ether oxygens (including phenoxy) is 1. The summed E-state index contributed by atoms with van der Waals surface area (Å²) < 4.78 is 5.65. The van der Waals surface area contributed by atoms with Crippen molar-refractivity contribution >= 4 is 17.6 Å². The first kappa shape index (κ1) is 25.8. The molecule has 3 rings (SSSR count). The topological polar surface area (TPSA) is 116 Å². The number of carbonyl (C=O) groups excluding carboxylic acids is 2. The predicted octanol–water partition coefficient (Wildman–Crippen LogP) is 4.95. The number of esters is 1. The Kier molecular flexibility index (Phi) is 9.30. The monoisotopic (exact) mass is 474 g/mol. The fourth-order valence-electron chi connectivity index (χ4n) is 4.27. The SMILES string of the molecule is CCCCc1cccc(C(N)=O)c1CCC(Cc1cccc(N)c1O)C(=O)OCc1ccccc1. The minimum absolute atomic E-state index is 0.0190. The smallest absolute Gasteiger partial charge is 0.309 e. The Hall–Kier alpha value is -3.80. The number of rotatable bonds is 12. The largest absolute Gasteiger partial charge is 0.506 e. The number of nitrogen functional groups attached to an aromatic ring is 1. The number of hydrogen-bond acceptors (Lipinski definition) is 5. The molecule has 0 aliphatic heterocycles. The van der Waals surface area contributed by atoms with E-state index in [1.165, 1.54) is 0 Å². The lowest BCUT2D eigenvalue weighted by Crippen LogP contribution is -2.22. The van der Waals surface area contributed by atoms with Crippen molar-refractivity contribution in [3.8, 4) is 5.75 Å². The van der Waals surface area contributed by atoms with E-state index in [1.54, 1.807) is 24.3 Å². The second kappa shape index (κ2) is 12.6. The van der Waals surface area contributed by atoms with Gasteiger partial charge in [0.1, 0.15) is 12.4 Å². The second-order valence-corrected chi connectivity index (χ2v) is 8.80. The third kappa shape index (κ3) is 7.09. The molecule has 0 aromatic heterocycles. The third-order valence-electron chi connectivity index (χ3n) is 6.26. The lowest BCUT2D eigenvalue weighted by molar-refractivity contribution is -0.150. The van der Waals surface area contributed by atoms with Crippen LogP contribution in [0.5, 0.6) is 5.75 Å². The molecule has 3 aromatic rings. The van der Waals surface area contributed by atoms with Gasteiger partial charge in [-0.25, -0.2) is 0 Å². The van der Waals surface area contributed by atoms with E-state index in [2.05, 4.69) is 6.92 Å². The van der Waals surface area contributed by atoms with Crippen LogP contribution in [0.15, 0.2) is 66.7 Å². The van der Waals surface area contributed by atoms with Crippen molar-refractivity contribution in [2.24, 2.45) is 11.7 Å². The van der Waals surface area contributed by atoms with E-state index in [4.69, 9.17) is 16.2 Å². The minimum atomic E-state index is -0.536. The van der Waals surface area contributed by atoms with Crippen molar-refractivity contribution in [2.75, 3.05) is 5.73 Å². The number of unbranched alkanes of at least 4 members (excludes halogenated alkanes) is 1. The van der Waals surface area contributed by atoms with Crippen LogP contribution in [-0.2, 0) is 35.4 Å². The number of nitrogens with two attached hydrogens (primary N) is 2. The average Bonchev–Trinajstić information content (AvgIpc) is 2.86. The number of amides is 1. The quantitative estimate of drug-likeness (QED) is 0.195. The molecule has 6 heteroatoms. The molecule has 1 unspecified atom stereocenters. The fourth-order valence-corrected chi connectivity index (χ4v) is 4.27. The number of aryl methyl sites for hydroxylation is 1. The Bertz CT molecular complexity index is 1140. The van der Waals surface area contributed by atoms with Crippen molar-refractivity contribution in [2.45, 2.75) is 52.1 Å². The maximum Gasteiger partial charge on any atom is 0.309 e. The van der Waals surface area contributed by atoms with Crippen LogP contribution in [0.3, 0.4) is 0 Å². The number of anilines is 1. The molecule has 3 aromatic carbocycles. The summed E-state index contributed by atoms with van der Waals surface area (Å²) in [7, 11) is 0. The highest BCUT2D eigenvalue weighted by Crippen LogP contribution is 2.29. The molecule has 1 atom stereocenters. The van der Waals surface area contributed by atoms with E-state index in [1.807, 2.05) is 42.5 Å². The highest BCUT2D eigenvalue weighted by atomic mass is 16.5. The van der Waals surface area contributed by atoms with Gasteiger partial charge in [-0.1, -0.05) is 67.9 Å². The number of hydrogen-bond donors (Lipinski definition) is 3. The molecule has 6 nitrogen and oxygen atoms in total. The maximum absolute atomic E-state index is 13.2. The van der Waals surface area contributed by atoms with E-state index in [9.17, 15) is 14.7 Å². The van der Waals surface area contributed by atoms with Crippen LogP contribution >= 0.6 is 0 Å². The molecule has 0 bridgehead atoms. The number of primary amides is 1. The average molecular weight is 475 g/mol. The van der Waals surface area contributed by atoms with E-state index in [0.717, 1.165) is 36.0 Å². The normalized spacial score (nSPS) is 11.7. The molecular weight excluding hydrogens is 440 g/mol. The molecule has 0 saturated carbocycles. The number of phenols is 1. The van der Waals surface area contributed by atoms with Gasteiger partial charge in [0, 0.05) is 5.56 Å². The van der Waals surface area contributed by atoms with Crippen LogP contribution in [0.4, 0.5) is 5.69 Å². The van der Waals surface area contributed by atoms with E-state index in [-0.39, 0.29) is 30.4 Å². The van der Waals surface area contributed by atoms with Gasteiger partial charge in [0.05, 0.1) is 11.6 Å². The Morgan fingerprint density at radius 3 is 2.37 bits per heavy atom. The minimum Gasteiger partial charge on any atom is -0.506 e. The van der Waals surface area contributed by atoms with Gasteiger partial charge in [-0.3, -0.25) is 9.59 Å². The highest BCUT2D eigenvalue weighted by Gasteiger charge is 2.24. The standard InChI is InChI=1S/C29H34N2O4/c1-2-3-11-21-12-7-14-25(28(31)33)24(21)17-16-23(18-22-13-8-15-26(30)27(22)32)29(34)35-19-20-9-5-4-6-10-20/h4-10,12-15,23,32H,2-3,11,16-19,30H2,1H3,(H2,31,33). The first-order valence-corrected chi connectivity index (χ1v) is 12.1. The molecule has 5 N–H and O–H groups in total. The van der Waals surface area contributed by atoms with Gasteiger partial charge in [-0.05, 0) is 66.5 Å². The zero-order valence-corrected chi connectivity index (χ0v) is 20.2. The number of aromatic hydroxyl groups is 1. The van der Waals surface area contributed by atoms with Gasteiger partial charge >= 0.3 is 5.97 Å². The van der Waals surface area contributed by atoms with Gasteiger partial charge in [0.15, 0.2) is 0 Å². The summed E-state index contributed by atoms with van der Waals surface area (Å²) in [6, 6.07) is 20.2. The van der Waals surface area contributed by atoms with Crippen LogP contribution in [0.1, 0.15) is 58.8 Å². The zero-order chi connectivity index (χ0) is 25.2. The van der Waals surface area contributed by atoms with E-state index >= 15 is 0 Å². The lowest BCUT2D eigenvalue weighted by atomic mass is 9.88. The van der Waals surface area contributed by atoms with Crippen molar-refractivity contribution in [3.63, 3.8) is 0 Å². The van der Waals surface area contributed by atoms with Gasteiger partial charge in [0.2, 0.25) is 5.91 Å². The number of carbonyl (C=O) groups is 2. The van der Waals surface area contributed by atoms with Gasteiger partial charge in [0.25, 0.3) is 0 Å². The predicted molar refractivity (Wildman–Crippen MR) is 138 cm³/mol. The molecule has 0 aliphatic rings. The Balaban J connectivity index is 1.84. The summed E-state index contributed by atoms with van der Waals surface area (Å²) in [6.45, 7) is 2.28. The van der Waals surface area contributed by atoms with E-state index < -0.39 is 11.8 Å². The maximum atomic E-state index is 13.2. The molecule has 35 heavy (non-hydrogen) atoms. The zero-order valence-electron chi connectivity index (χ0n) is 20.2. The van der Waals surface area contributed by atoms with Crippen LogP contribution in [-0.4, -0.2) is 17.0 Å². The third-order valence-corrected chi connectivity index (χ3v) is 6.26. The molecule has 1 amide bonds. The van der Waals surface area contributed by atoms with Crippen LogP contribution in [0.2, 0.25) is 0 Å². The molecule has 0 fully saturated rings. The van der Waals surface area contributed by atoms with Crippen LogP contribution < -0.4 is 11.5 Å². The van der Waals surface area contributed by atoms with Crippen LogP contribution in [0, 0.1) is 5.92 Å². The van der Waals surface area contributed by atoms with Crippen molar-refractivity contribution in [1.29, 1.82) is 0 Å². The van der Waals surface area contributed by atoms with Crippen LogP contribution in [0.25, 0.3) is 0 Å². The highest BCUT2D eigenvalue weighted by molar-refractivity contribution is 5.94. The molecular formula is C29H34N2O4. The molecule has 0 radical (unpaired) electrons. The van der Waals surface area contributed by atoms with Gasteiger partial charge in [-0.15, -0.1) is 0 Å². The number of benzene rings is 3. The van der Waals surface area contributed by atoms with Crippen molar-refractivity contribution in [3.05, 3.63) is 94.5 Å². The molecule has 0 heterocycles. The second-order valence-electron chi connectivity index (χ2n) is 8.80. The first-order valence-electron chi connectivity index (χ1n) is 12.1. The van der Waals surface area contributed by atoms with Crippen molar-refractivity contribution < 1.29 is 19.4 Å². The Morgan fingerprint density at radius 2 is 1.66 bits per heavy atom. The first-order chi connectivity index (χ1) is 16.9. The fraction of sp³-hybridized carbons (Fsp3) is 0.310. The molecule has 0 aliphatic carbocycles. The number of para-hydroxylation sites is 1. The summed E-state index contributed by atoms with van der Waals surface area (Å²) in [4.78, 5) is 25.3. The van der Waals surface area contributed by atoms with Crippen molar-refractivity contribution in [1.82, 2.24) is 0 Å². The van der Waals surface area contributed by atoms with E-state index in [0.29, 0.717) is 24.0 Å². The van der Waals surface area contributed by atoms with Gasteiger partial charge in [-0.2, -0.15) is 0 Å². The molecule has 0 spiro atoms. The summed E-state index contributed by atoms with van der Waals surface area (Å²) in [5, 5.41) is 10.4. The summed E-state index contributed by atoms with van der Waals surface area (Å²) >= 11 is 0. The number of phenolic OH excluding ortho intramolecular Hbond substituents is 1. The molecule has 0 saturated heterocycles. The summed E-state index contributed by atoms with van der Waals surface area (Å²) in [5.41, 5.74) is 15.7. The summed E-state index contributed by atoms with van der Waals surface area (Å²) in [6.07, 6.45) is 4.07. The van der Waals surface area contributed by atoms with Gasteiger partial charge < -0.3 is 21.3 Å². The Morgan fingerprint density at radius 1 is 0.943 bits per heavy atom.